The summed E-state index contributed by atoms with van der Waals surface area (Å²) in [5.74, 6) is 1.18. The van der Waals surface area contributed by atoms with E-state index in [0.717, 1.165) is 31.5 Å². The lowest BCUT2D eigenvalue weighted by Crippen LogP contribution is -2.37. The molecule has 0 aliphatic carbocycles. The normalized spacial score (nSPS) is 15.8. The average molecular weight is 380 g/mol. The van der Waals surface area contributed by atoms with Crippen LogP contribution in [0.3, 0.4) is 0 Å². The fraction of sp³-hybridized carbons (Fsp3) is 0.391. The van der Waals surface area contributed by atoms with Crippen LogP contribution >= 0.6 is 0 Å². The van der Waals surface area contributed by atoms with Gasteiger partial charge in [-0.05, 0) is 74.6 Å². The Bertz CT molecular complexity index is 824. The molecule has 0 spiro atoms. The Kier molecular flexibility index (Phi) is 6.34. The van der Waals surface area contributed by atoms with Crippen LogP contribution in [0.4, 0.5) is 5.69 Å². The molecule has 2 amide bonds. The first-order valence-corrected chi connectivity index (χ1v) is 9.86. The maximum absolute atomic E-state index is 12.6. The van der Waals surface area contributed by atoms with Crippen LogP contribution < -0.4 is 10.1 Å². The third-order valence-corrected chi connectivity index (χ3v) is 5.14. The van der Waals surface area contributed by atoms with E-state index in [1.807, 2.05) is 36.1 Å². The largest absolute Gasteiger partial charge is 0.481 e. The molecule has 1 unspecified atom stereocenters. The van der Waals surface area contributed by atoms with Crippen LogP contribution in [-0.4, -0.2) is 35.9 Å². The topological polar surface area (TPSA) is 58.6 Å². The van der Waals surface area contributed by atoms with Crippen molar-refractivity contribution in [1.29, 1.82) is 0 Å². The van der Waals surface area contributed by atoms with Gasteiger partial charge >= 0.3 is 0 Å². The van der Waals surface area contributed by atoms with Gasteiger partial charge in [0.1, 0.15) is 5.75 Å². The Labute approximate surface area is 166 Å². The molecule has 1 aliphatic rings. The van der Waals surface area contributed by atoms with Crippen LogP contribution in [-0.2, 0) is 4.79 Å². The van der Waals surface area contributed by atoms with Gasteiger partial charge in [-0.2, -0.15) is 0 Å². The number of anilines is 1. The van der Waals surface area contributed by atoms with Gasteiger partial charge in [-0.25, -0.2) is 0 Å². The van der Waals surface area contributed by atoms with Gasteiger partial charge in [0.15, 0.2) is 6.10 Å². The number of aryl methyl sites for hydroxylation is 1. The van der Waals surface area contributed by atoms with Crippen LogP contribution in [0.5, 0.6) is 5.75 Å². The molecule has 1 N–H and O–H groups in total. The van der Waals surface area contributed by atoms with Gasteiger partial charge in [-0.1, -0.05) is 19.1 Å². The van der Waals surface area contributed by atoms with Gasteiger partial charge in [0.05, 0.1) is 0 Å². The van der Waals surface area contributed by atoms with E-state index >= 15 is 0 Å². The number of rotatable bonds is 5. The summed E-state index contributed by atoms with van der Waals surface area (Å²) in [6, 6.07) is 14.7. The molecule has 1 atom stereocenters. The molecule has 1 saturated heterocycles. The van der Waals surface area contributed by atoms with E-state index in [0.29, 0.717) is 22.9 Å². The Hall–Kier alpha value is -2.82. The minimum Gasteiger partial charge on any atom is -0.481 e. The fourth-order valence-corrected chi connectivity index (χ4v) is 3.28. The van der Waals surface area contributed by atoms with Crippen LogP contribution in [0.1, 0.15) is 42.6 Å². The first kappa shape index (κ1) is 19.9. The molecule has 0 saturated carbocycles. The van der Waals surface area contributed by atoms with Crippen molar-refractivity contribution >= 4 is 17.5 Å². The molecule has 28 heavy (non-hydrogen) atoms. The van der Waals surface area contributed by atoms with Gasteiger partial charge in [0.2, 0.25) is 0 Å². The lowest BCUT2D eigenvalue weighted by molar-refractivity contribution is -0.122. The number of carbonyl (C=O) groups is 2. The van der Waals surface area contributed by atoms with E-state index in [9.17, 15) is 9.59 Å². The zero-order valence-electron chi connectivity index (χ0n) is 16.8. The van der Waals surface area contributed by atoms with Gasteiger partial charge in [-0.3, -0.25) is 9.59 Å². The maximum atomic E-state index is 12.6. The van der Waals surface area contributed by atoms with Gasteiger partial charge < -0.3 is 15.0 Å². The second-order valence-electron chi connectivity index (χ2n) is 7.62. The number of likely N-dealkylation sites (tertiary alicyclic amines) is 1. The molecule has 5 nitrogen and oxygen atoms in total. The number of ether oxygens (including phenoxy) is 1. The molecule has 148 valence electrons. The maximum Gasteiger partial charge on any atom is 0.265 e. The van der Waals surface area contributed by atoms with Crippen LogP contribution in [0.15, 0.2) is 48.5 Å². The Morgan fingerprint density at radius 3 is 2.43 bits per heavy atom. The molecule has 0 bridgehead atoms. The lowest BCUT2D eigenvalue weighted by Gasteiger charge is -2.30. The minimum atomic E-state index is -0.626. The van der Waals surface area contributed by atoms with Crippen LogP contribution in [0.25, 0.3) is 0 Å². The molecule has 1 fully saturated rings. The quantitative estimate of drug-likeness (QED) is 0.843. The number of amides is 2. The van der Waals surface area contributed by atoms with Crippen molar-refractivity contribution in [3.05, 3.63) is 59.7 Å². The summed E-state index contributed by atoms with van der Waals surface area (Å²) >= 11 is 0. The summed E-state index contributed by atoms with van der Waals surface area (Å²) in [4.78, 5) is 26.9. The van der Waals surface area contributed by atoms with Crippen LogP contribution in [0, 0.1) is 12.8 Å². The third-order valence-electron chi connectivity index (χ3n) is 5.14. The summed E-state index contributed by atoms with van der Waals surface area (Å²) in [5.41, 5.74) is 2.37. The van der Waals surface area contributed by atoms with Crippen molar-refractivity contribution < 1.29 is 14.3 Å². The number of carbonyl (C=O) groups excluding carboxylic acids is 2. The first-order valence-electron chi connectivity index (χ1n) is 9.86. The van der Waals surface area contributed by atoms with E-state index in [2.05, 4.69) is 12.2 Å². The van der Waals surface area contributed by atoms with Crippen LogP contribution in [0.2, 0.25) is 0 Å². The molecule has 3 rings (SSSR count). The van der Waals surface area contributed by atoms with Crippen molar-refractivity contribution in [2.24, 2.45) is 5.92 Å². The number of hydrogen-bond donors (Lipinski definition) is 1. The lowest BCUT2D eigenvalue weighted by atomic mass is 9.98. The monoisotopic (exact) mass is 380 g/mol. The molecular weight excluding hydrogens is 352 g/mol. The zero-order valence-corrected chi connectivity index (χ0v) is 16.8. The van der Waals surface area contributed by atoms with E-state index in [-0.39, 0.29) is 11.8 Å². The second kappa shape index (κ2) is 8.91. The zero-order chi connectivity index (χ0) is 20.1. The van der Waals surface area contributed by atoms with Crippen molar-refractivity contribution in [3.63, 3.8) is 0 Å². The Morgan fingerprint density at radius 2 is 1.79 bits per heavy atom. The molecule has 0 aromatic heterocycles. The summed E-state index contributed by atoms with van der Waals surface area (Å²) in [5, 5.41) is 2.84. The van der Waals surface area contributed by atoms with E-state index < -0.39 is 6.10 Å². The Balaban J connectivity index is 1.56. The van der Waals surface area contributed by atoms with Gasteiger partial charge in [0, 0.05) is 24.3 Å². The molecule has 1 heterocycles. The number of hydrogen-bond acceptors (Lipinski definition) is 3. The summed E-state index contributed by atoms with van der Waals surface area (Å²) in [6.07, 6.45) is 1.48. The van der Waals surface area contributed by atoms with Crippen molar-refractivity contribution in [2.75, 3.05) is 18.4 Å². The number of nitrogens with zero attached hydrogens (tertiary/aromatic N) is 1. The molecule has 1 aliphatic heterocycles. The van der Waals surface area contributed by atoms with E-state index in [4.69, 9.17) is 4.74 Å². The van der Waals surface area contributed by atoms with Gasteiger partial charge in [-0.15, -0.1) is 0 Å². The fourth-order valence-electron chi connectivity index (χ4n) is 3.28. The van der Waals surface area contributed by atoms with Crippen molar-refractivity contribution in [1.82, 2.24) is 4.90 Å². The second-order valence-corrected chi connectivity index (χ2v) is 7.62. The highest BCUT2D eigenvalue weighted by molar-refractivity contribution is 5.96. The number of piperidine rings is 1. The molecule has 2 aromatic carbocycles. The minimum absolute atomic E-state index is 0.0564. The highest BCUT2D eigenvalue weighted by Gasteiger charge is 2.21. The summed E-state index contributed by atoms with van der Waals surface area (Å²) in [7, 11) is 0. The number of benzene rings is 2. The highest BCUT2D eigenvalue weighted by Crippen LogP contribution is 2.20. The van der Waals surface area contributed by atoms with E-state index in [1.165, 1.54) is 0 Å². The predicted octanol–water partition coefficient (Wildman–Crippen LogP) is 4.27. The Morgan fingerprint density at radius 1 is 1.11 bits per heavy atom. The van der Waals surface area contributed by atoms with Crippen molar-refractivity contribution in [3.8, 4) is 5.75 Å². The molecule has 2 aromatic rings. The average Bonchev–Trinajstić information content (AvgIpc) is 2.68. The smallest absolute Gasteiger partial charge is 0.265 e. The van der Waals surface area contributed by atoms with Gasteiger partial charge in [0.25, 0.3) is 11.8 Å². The number of nitrogens with one attached hydrogen (secondary N) is 1. The summed E-state index contributed by atoms with van der Waals surface area (Å²) in [6.45, 7) is 7.54. The molecule has 0 radical (unpaired) electrons. The summed E-state index contributed by atoms with van der Waals surface area (Å²) < 4.78 is 5.71. The highest BCUT2D eigenvalue weighted by atomic mass is 16.5. The first-order chi connectivity index (χ1) is 13.4. The van der Waals surface area contributed by atoms with Crippen molar-refractivity contribution in [2.45, 2.75) is 39.7 Å². The standard InChI is InChI=1S/C23H28N2O3/c1-16-11-13-25(14-12-16)23(27)19-7-9-20(10-8-19)24-22(26)18(3)28-21-6-4-5-17(2)15-21/h4-10,15-16,18H,11-14H2,1-3H3,(H,24,26). The predicted molar refractivity (Wildman–Crippen MR) is 111 cm³/mol. The molecule has 5 heteroatoms. The SMILES string of the molecule is Cc1cccc(OC(C)C(=O)Nc2ccc(C(=O)N3CCC(C)CC3)cc2)c1. The van der Waals surface area contributed by atoms with E-state index in [1.54, 1.807) is 31.2 Å². The third kappa shape index (κ3) is 5.12. The molecular formula is C23H28N2O3.